The lowest BCUT2D eigenvalue weighted by Crippen LogP contribution is -2.30. The van der Waals surface area contributed by atoms with Gasteiger partial charge in [-0.15, -0.1) is 0 Å². The zero-order valence-electron chi connectivity index (χ0n) is 16.2. The molecule has 1 aromatic carbocycles. The maximum Gasteiger partial charge on any atom is 0.419 e. The highest BCUT2D eigenvalue weighted by molar-refractivity contribution is 5.58. The Labute approximate surface area is 167 Å². The largest absolute Gasteiger partial charge is 0.419 e. The Morgan fingerprint density at radius 2 is 1.83 bits per heavy atom. The van der Waals surface area contributed by atoms with E-state index in [0.717, 1.165) is 49.5 Å². The number of nitrogens with one attached hydrogen (secondary N) is 2. The molecule has 2 fully saturated rings. The van der Waals surface area contributed by atoms with Crippen LogP contribution in [0, 0.1) is 11.7 Å². The second-order valence-corrected chi connectivity index (χ2v) is 8.31. The zero-order valence-corrected chi connectivity index (χ0v) is 16.2. The van der Waals surface area contributed by atoms with Crippen LogP contribution in [0.4, 0.5) is 29.1 Å². The minimum atomic E-state index is -4.73. The average molecular weight is 407 g/mol. The van der Waals surface area contributed by atoms with Crippen LogP contribution in [0.15, 0.2) is 36.5 Å². The van der Waals surface area contributed by atoms with Crippen LogP contribution in [0.5, 0.6) is 0 Å². The lowest BCUT2D eigenvalue weighted by molar-refractivity contribution is -0.139. The number of alkyl halides is 3. The van der Waals surface area contributed by atoms with E-state index >= 15 is 0 Å². The molecule has 1 heterocycles. The Hall–Kier alpha value is -2.15. The summed E-state index contributed by atoms with van der Waals surface area (Å²) in [5.74, 6) is -0.0527. The number of rotatable bonds is 7. The number of nitrogens with zero attached hydrogens (tertiary/aromatic N) is 1. The number of hydrogen-bond donors (Lipinski definition) is 2. The highest BCUT2D eigenvalue weighted by Gasteiger charge is 2.44. The molecule has 0 atom stereocenters. The summed E-state index contributed by atoms with van der Waals surface area (Å²) in [5, 5.41) is 6.45. The van der Waals surface area contributed by atoms with Crippen LogP contribution in [0.3, 0.4) is 0 Å². The smallest absolute Gasteiger partial charge is 0.340 e. The van der Waals surface area contributed by atoms with Crippen molar-refractivity contribution in [3.8, 4) is 0 Å². The molecule has 156 valence electrons. The third-order valence-corrected chi connectivity index (χ3v) is 6.14. The molecule has 2 aliphatic carbocycles. The van der Waals surface area contributed by atoms with Crippen molar-refractivity contribution < 1.29 is 17.6 Å². The summed E-state index contributed by atoms with van der Waals surface area (Å²) in [6.45, 7) is 2.01. The van der Waals surface area contributed by atoms with E-state index < -0.39 is 17.6 Å². The number of halogens is 4. The van der Waals surface area contributed by atoms with E-state index in [-0.39, 0.29) is 11.1 Å². The van der Waals surface area contributed by atoms with Crippen molar-refractivity contribution in [3.63, 3.8) is 0 Å². The summed E-state index contributed by atoms with van der Waals surface area (Å²) in [4.78, 5) is 4.37. The fourth-order valence-electron chi connectivity index (χ4n) is 4.20. The van der Waals surface area contributed by atoms with Crippen molar-refractivity contribution in [3.05, 3.63) is 53.5 Å². The van der Waals surface area contributed by atoms with Crippen LogP contribution in [0.1, 0.15) is 49.7 Å². The Kier molecular flexibility index (Phi) is 5.51. The molecule has 0 bridgehead atoms. The van der Waals surface area contributed by atoms with Gasteiger partial charge < -0.3 is 10.6 Å². The van der Waals surface area contributed by atoms with Crippen molar-refractivity contribution in [2.24, 2.45) is 5.92 Å². The van der Waals surface area contributed by atoms with Gasteiger partial charge in [0.15, 0.2) is 0 Å². The Morgan fingerprint density at radius 1 is 1.07 bits per heavy atom. The van der Waals surface area contributed by atoms with Gasteiger partial charge in [0.05, 0.1) is 5.56 Å². The van der Waals surface area contributed by atoms with Gasteiger partial charge in [0.2, 0.25) is 0 Å². The van der Waals surface area contributed by atoms with Gasteiger partial charge in [0.1, 0.15) is 11.6 Å². The van der Waals surface area contributed by atoms with Gasteiger partial charge >= 0.3 is 6.18 Å². The van der Waals surface area contributed by atoms with Gasteiger partial charge in [-0.2, -0.15) is 13.2 Å². The lowest BCUT2D eigenvalue weighted by Gasteiger charge is -2.19. The summed E-state index contributed by atoms with van der Waals surface area (Å²) >= 11 is 0. The van der Waals surface area contributed by atoms with Gasteiger partial charge in [-0.3, -0.25) is 0 Å². The van der Waals surface area contributed by atoms with E-state index in [0.29, 0.717) is 5.82 Å². The quantitative estimate of drug-likeness (QED) is 0.570. The van der Waals surface area contributed by atoms with Gasteiger partial charge in [-0.25, -0.2) is 9.37 Å². The maximum atomic E-state index is 13.4. The molecule has 2 N–H and O–H groups in total. The number of anilines is 2. The molecule has 0 radical (unpaired) electrons. The molecule has 2 aromatic rings. The van der Waals surface area contributed by atoms with Crippen LogP contribution in [0.2, 0.25) is 0 Å². The fraction of sp³-hybridized carbons (Fsp3) is 0.500. The van der Waals surface area contributed by atoms with Crippen molar-refractivity contribution in [1.82, 2.24) is 10.3 Å². The second-order valence-electron chi connectivity index (χ2n) is 8.31. The Balaban J connectivity index is 1.38. The number of benzene rings is 1. The second kappa shape index (κ2) is 7.94. The summed E-state index contributed by atoms with van der Waals surface area (Å²) in [7, 11) is 0. The van der Waals surface area contributed by atoms with E-state index in [4.69, 9.17) is 0 Å². The Bertz CT molecular complexity index is 838. The number of hydrogen-bond acceptors (Lipinski definition) is 3. The first kappa shape index (κ1) is 20.1. The fourth-order valence-corrected chi connectivity index (χ4v) is 4.20. The zero-order chi connectivity index (χ0) is 20.5. The van der Waals surface area contributed by atoms with Gasteiger partial charge in [0, 0.05) is 23.8 Å². The maximum absolute atomic E-state index is 13.4. The van der Waals surface area contributed by atoms with Crippen molar-refractivity contribution in [2.75, 3.05) is 18.4 Å². The summed E-state index contributed by atoms with van der Waals surface area (Å²) < 4.78 is 52.0. The predicted octanol–water partition coefficient (Wildman–Crippen LogP) is 5.79. The van der Waals surface area contributed by atoms with E-state index in [2.05, 4.69) is 15.6 Å². The standard InChI is InChI=1S/C22H25F4N3/c23-19-7-6-17(11-18(19)22(24,25)26)29-20-8-5-16(13-28-20)21(9-10-21)14-27-12-15-3-1-2-4-15/h5-8,11,13,15,27H,1-4,9-10,12,14H2,(H,28,29). The number of pyridine rings is 1. The van der Waals surface area contributed by atoms with E-state index in [1.54, 1.807) is 12.3 Å². The molecule has 2 aliphatic rings. The molecule has 0 unspecified atom stereocenters. The third-order valence-electron chi connectivity index (χ3n) is 6.14. The molecule has 4 rings (SSSR count). The highest BCUT2D eigenvalue weighted by Crippen LogP contribution is 2.47. The monoisotopic (exact) mass is 407 g/mol. The van der Waals surface area contributed by atoms with Gasteiger partial charge in [-0.1, -0.05) is 18.9 Å². The molecule has 0 amide bonds. The molecular formula is C22H25F4N3. The average Bonchev–Trinajstić information content (AvgIpc) is 3.28. The molecule has 0 aliphatic heterocycles. The normalized spacial score (nSPS) is 18.8. The molecule has 0 saturated heterocycles. The molecule has 3 nitrogen and oxygen atoms in total. The van der Waals surface area contributed by atoms with Gasteiger partial charge in [-0.05, 0) is 68.0 Å². The highest BCUT2D eigenvalue weighted by atomic mass is 19.4. The van der Waals surface area contributed by atoms with Crippen molar-refractivity contribution in [1.29, 1.82) is 0 Å². The topological polar surface area (TPSA) is 37.0 Å². The minimum Gasteiger partial charge on any atom is -0.340 e. The summed E-state index contributed by atoms with van der Waals surface area (Å²) in [6.07, 6.45) is 4.62. The van der Waals surface area contributed by atoms with Crippen molar-refractivity contribution in [2.45, 2.75) is 50.1 Å². The van der Waals surface area contributed by atoms with E-state index in [9.17, 15) is 17.6 Å². The predicted molar refractivity (Wildman–Crippen MR) is 105 cm³/mol. The summed E-state index contributed by atoms with van der Waals surface area (Å²) in [6, 6.07) is 6.60. The van der Waals surface area contributed by atoms with Crippen molar-refractivity contribution >= 4 is 11.5 Å². The summed E-state index contributed by atoms with van der Waals surface area (Å²) in [5.41, 5.74) is 0.142. The lowest BCUT2D eigenvalue weighted by atomic mass is 9.97. The third kappa shape index (κ3) is 4.71. The first-order valence-electron chi connectivity index (χ1n) is 10.2. The van der Waals surface area contributed by atoms with Crippen LogP contribution < -0.4 is 10.6 Å². The number of aromatic nitrogens is 1. The van der Waals surface area contributed by atoms with Crippen LogP contribution in [-0.2, 0) is 11.6 Å². The van der Waals surface area contributed by atoms with Crippen LogP contribution >= 0.6 is 0 Å². The van der Waals surface area contributed by atoms with E-state index in [1.807, 2.05) is 6.07 Å². The van der Waals surface area contributed by atoms with Gasteiger partial charge in [0.25, 0.3) is 0 Å². The molecule has 1 aromatic heterocycles. The first-order chi connectivity index (χ1) is 13.9. The molecule has 2 saturated carbocycles. The molecule has 29 heavy (non-hydrogen) atoms. The van der Waals surface area contributed by atoms with E-state index in [1.165, 1.54) is 31.7 Å². The SMILES string of the molecule is Fc1ccc(Nc2ccc(C3(CNCC4CCCC4)CC3)cn2)cc1C(F)(F)F. The Morgan fingerprint density at radius 3 is 2.45 bits per heavy atom. The molecule has 7 heteroatoms. The van der Waals surface area contributed by atoms with Crippen LogP contribution in [-0.4, -0.2) is 18.1 Å². The molecule has 0 spiro atoms. The molecular weight excluding hydrogens is 382 g/mol. The van der Waals surface area contributed by atoms with Crippen LogP contribution in [0.25, 0.3) is 0 Å². The minimum absolute atomic E-state index is 0.128. The first-order valence-corrected chi connectivity index (χ1v) is 10.2.